The van der Waals surface area contributed by atoms with Gasteiger partial charge in [-0.2, -0.15) is 0 Å². The van der Waals surface area contributed by atoms with Crippen molar-refractivity contribution >= 4 is 5.97 Å². The van der Waals surface area contributed by atoms with E-state index in [0.717, 1.165) is 38.5 Å². The fraction of sp³-hybridized carbons (Fsp3) is 0.944. The van der Waals surface area contributed by atoms with Gasteiger partial charge < -0.3 is 14.2 Å². The summed E-state index contributed by atoms with van der Waals surface area (Å²) >= 11 is 0. The van der Waals surface area contributed by atoms with E-state index in [0.29, 0.717) is 12.5 Å². The molecule has 6 unspecified atom stereocenters. The van der Waals surface area contributed by atoms with Gasteiger partial charge in [0.05, 0.1) is 34.9 Å². The first-order valence-corrected chi connectivity index (χ1v) is 8.76. The average Bonchev–Trinajstić information content (AvgIpc) is 3.22. The van der Waals surface area contributed by atoms with Crippen molar-refractivity contribution in [3.05, 3.63) is 0 Å². The normalized spacial score (nSPS) is 55.8. The molecule has 0 aromatic carbocycles. The molecule has 2 saturated carbocycles. The van der Waals surface area contributed by atoms with Crippen molar-refractivity contribution in [3.63, 3.8) is 0 Å². The van der Waals surface area contributed by atoms with Gasteiger partial charge in [-0.3, -0.25) is 4.79 Å². The Morgan fingerprint density at radius 1 is 0.955 bits per heavy atom. The van der Waals surface area contributed by atoms with Gasteiger partial charge in [-0.05, 0) is 72.1 Å². The summed E-state index contributed by atoms with van der Waals surface area (Å²) in [5.74, 6) is 0.447. The summed E-state index contributed by atoms with van der Waals surface area (Å²) < 4.78 is 17.4. The van der Waals surface area contributed by atoms with E-state index < -0.39 is 0 Å². The number of hydrogen-bond acceptors (Lipinski definition) is 4. The summed E-state index contributed by atoms with van der Waals surface area (Å²) in [7, 11) is 0. The molecule has 4 fully saturated rings. The molecule has 124 valence electrons. The highest BCUT2D eigenvalue weighted by Crippen LogP contribution is 2.59. The molecular weight excluding hydrogens is 280 g/mol. The van der Waals surface area contributed by atoms with E-state index in [9.17, 15) is 4.79 Å². The predicted molar refractivity (Wildman–Crippen MR) is 81.4 cm³/mol. The first kappa shape index (κ1) is 14.9. The fourth-order valence-corrected chi connectivity index (χ4v) is 4.91. The zero-order valence-electron chi connectivity index (χ0n) is 14.2. The van der Waals surface area contributed by atoms with Crippen LogP contribution in [0.5, 0.6) is 0 Å². The van der Waals surface area contributed by atoms with Crippen molar-refractivity contribution in [1.82, 2.24) is 0 Å². The lowest BCUT2D eigenvalue weighted by atomic mass is 9.75. The van der Waals surface area contributed by atoms with Gasteiger partial charge in [-0.15, -0.1) is 0 Å². The Kier molecular flexibility index (Phi) is 2.90. The Morgan fingerprint density at radius 2 is 1.55 bits per heavy atom. The van der Waals surface area contributed by atoms with Crippen LogP contribution >= 0.6 is 0 Å². The van der Waals surface area contributed by atoms with Crippen molar-refractivity contribution in [2.45, 2.75) is 88.6 Å². The van der Waals surface area contributed by atoms with Crippen molar-refractivity contribution in [3.8, 4) is 0 Å². The van der Waals surface area contributed by atoms with Crippen molar-refractivity contribution in [2.24, 2.45) is 11.8 Å². The molecule has 0 N–H and O–H groups in total. The molecule has 0 amide bonds. The minimum absolute atomic E-state index is 0.00944. The van der Waals surface area contributed by atoms with Crippen LogP contribution in [-0.4, -0.2) is 35.0 Å². The van der Waals surface area contributed by atoms with E-state index in [-0.39, 0.29) is 34.3 Å². The highest BCUT2D eigenvalue weighted by Gasteiger charge is 2.67. The van der Waals surface area contributed by atoms with Crippen molar-refractivity contribution in [1.29, 1.82) is 0 Å². The van der Waals surface area contributed by atoms with E-state index in [1.165, 1.54) is 0 Å². The molecule has 0 spiro atoms. The number of fused-ring (bicyclic) bond motifs is 2. The number of hydrogen-bond donors (Lipinski definition) is 0. The average molecular weight is 308 g/mol. The van der Waals surface area contributed by atoms with Crippen molar-refractivity contribution in [2.75, 3.05) is 6.61 Å². The van der Waals surface area contributed by atoms with E-state index in [2.05, 4.69) is 27.7 Å². The number of rotatable bonds is 3. The minimum Gasteiger partial charge on any atom is -0.465 e. The van der Waals surface area contributed by atoms with Crippen LogP contribution in [0.2, 0.25) is 0 Å². The maximum absolute atomic E-state index is 12.4. The van der Waals surface area contributed by atoms with Crippen LogP contribution in [0, 0.1) is 11.8 Å². The number of epoxide rings is 2. The third-order valence-electron chi connectivity index (χ3n) is 7.16. The number of ether oxygens (including phenoxy) is 3. The van der Waals surface area contributed by atoms with Crippen LogP contribution in [0.3, 0.4) is 0 Å². The first-order valence-electron chi connectivity index (χ1n) is 8.76. The Balaban J connectivity index is 1.27. The third-order valence-corrected chi connectivity index (χ3v) is 7.16. The monoisotopic (exact) mass is 308 g/mol. The van der Waals surface area contributed by atoms with Crippen LogP contribution in [0.15, 0.2) is 0 Å². The maximum Gasteiger partial charge on any atom is 0.309 e. The largest absolute Gasteiger partial charge is 0.465 e. The predicted octanol–water partition coefficient (Wildman–Crippen LogP) is 3.23. The van der Waals surface area contributed by atoms with Crippen LogP contribution in [0.4, 0.5) is 0 Å². The third kappa shape index (κ3) is 2.06. The van der Waals surface area contributed by atoms with Gasteiger partial charge in [0.15, 0.2) is 0 Å². The molecular formula is C18H28O4. The molecule has 2 saturated heterocycles. The molecule has 2 heterocycles. The van der Waals surface area contributed by atoms with Gasteiger partial charge in [-0.25, -0.2) is 0 Å². The summed E-state index contributed by atoms with van der Waals surface area (Å²) in [6.07, 6.45) is 5.88. The second-order valence-electron chi connectivity index (χ2n) is 8.81. The highest BCUT2D eigenvalue weighted by atomic mass is 16.6. The molecule has 2 aliphatic carbocycles. The molecule has 0 aromatic rings. The number of esters is 1. The molecule has 4 aliphatic rings. The summed E-state index contributed by atoms with van der Waals surface area (Å²) in [4.78, 5) is 12.4. The zero-order chi connectivity index (χ0) is 15.8. The Morgan fingerprint density at radius 3 is 2.14 bits per heavy atom. The molecule has 4 heteroatoms. The van der Waals surface area contributed by atoms with Crippen LogP contribution in [0.1, 0.15) is 66.2 Å². The second-order valence-corrected chi connectivity index (χ2v) is 8.81. The van der Waals surface area contributed by atoms with E-state index >= 15 is 0 Å². The van der Waals surface area contributed by atoms with Gasteiger partial charge in [0, 0.05) is 0 Å². The molecule has 4 nitrogen and oxygen atoms in total. The summed E-state index contributed by atoms with van der Waals surface area (Å²) in [5, 5.41) is 0. The lowest BCUT2D eigenvalue weighted by Crippen LogP contribution is -2.35. The lowest BCUT2D eigenvalue weighted by molar-refractivity contribution is -0.151. The lowest BCUT2D eigenvalue weighted by Gasteiger charge is -2.29. The Labute approximate surface area is 132 Å². The highest BCUT2D eigenvalue weighted by molar-refractivity contribution is 5.73. The van der Waals surface area contributed by atoms with Gasteiger partial charge in [0.2, 0.25) is 0 Å². The van der Waals surface area contributed by atoms with Crippen LogP contribution in [0.25, 0.3) is 0 Å². The first-order chi connectivity index (χ1) is 10.2. The van der Waals surface area contributed by atoms with Gasteiger partial charge in [-0.1, -0.05) is 0 Å². The second kappa shape index (κ2) is 4.27. The number of carbonyl (C=O) groups is 1. The Hall–Kier alpha value is -0.610. The minimum atomic E-state index is -0.100. The molecule has 2 aliphatic heterocycles. The summed E-state index contributed by atoms with van der Waals surface area (Å²) in [5.41, 5.74) is 0.00990. The molecule has 0 bridgehead atoms. The zero-order valence-corrected chi connectivity index (χ0v) is 14.2. The molecule has 22 heavy (non-hydrogen) atoms. The van der Waals surface area contributed by atoms with Gasteiger partial charge in [0.1, 0.15) is 0 Å². The van der Waals surface area contributed by atoms with E-state index in [4.69, 9.17) is 14.2 Å². The van der Waals surface area contributed by atoms with Crippen molar-refractivity contribution < 1.29 is 19.0 Å². The molecule has 0 aromatic heterocycles. The SMILES string of the molecule is CC12CCC(COC(=O)C3CCC4(C)OC4(C)C3)CC1(C)O2. The summed E-state index contributed by atoms with van der Waals surface area (Å²) in [6, 6.07) is 0. The van der Waals surface area contributed by atoms with Crippen LogP contribution < -0.4 is 0 Å². The standard InChI is InChI=1S/C18H28O4/c1-15-7-5-12(9-17(15,3)21-15)11-20-14(19)13-6-8-16(2)18(4,10-13)22-16/h12-13H,5-11H2,1-4H3. The molecule has 6 atom stereocenters. The van der Waals surface area contributed by atoms with Gasteiger partial charge >= 0.3 is 5.97 Å². The quantitative estimate of drug-likeness (QED) is 0.593. The van der Waals surface area contributed by atoms with Gasteiger partial charge in [0.25, 0.3) is 0 Å². The fourth-order valence-electron chi connectivity index (χ4n) is 4.91. The topological polar surface area (TPSA) is 51.4 Å². The molecule has 4 rings (SSSR count). The Bertz CT molecular complexity index is 519. The smallest absolute Gasteiger partial charge is 0.309 e. The van der Waals surface area contributed by atoms with E-state index in [1.54, 1.807) is 0 Å². The van der Waals surface area contributed by atoms with Crippen LogP contribution in [-0.2, 0) is 19.0 Å². The molecule has 0 radical (unpaired) electrons. The number of carbonyl (C=O) groups excluding carboxylic acids is 1. The summed E-state index contributed by atoms with van der Waals surface area (Å²) in [6.45, 7) is 9.22. The maximum atomic E-state index is 12.4. The van der Waals surface area contributed by atoms with E-state index in [1.807, 2.05) is 0 Å².